The number of hydrogen-bond acceptors (Lipinski definition) is 2. The molecule has 0 saturated heterocycles. The summed E-state index contributed by atoms with van der Waals surface area (Å²) in [6, 6.07) is 10.5. The van der Waals surface area contributed by atoms with Crippen molar-refractivity contribution in [1.29, 1.82) is 5.26 Å². The van der Waals surface area contributed by atoms with Gasteiger partial charge in [-0.2, -0.15) is 5.26 Å². The first-order valence-corrected chi connectivity index (χ1v) is 7.35. The summed E-state index contributed by atoms with van der Waals surface area (Å²) in [7, 11) is 0. The molecular formula is C16H21ClN2. The van der Waals surface area contributed by atoms with Gasteiger partial charge in [0, 0.05) is 22.9 Å². The minimum absolute atomic E-state index is 0.105. The normalized spacial score (nSPS) is 20.1. The van der Waals surface area contributed by atoms with Gasteiger partial charge in [-0.3, -0.25) is 0 Å². The zero-order valence-corrected chi connectivity index (χ0v) is 12.2. The van der Waals surface area contributed by atoms with E-state index in [4.69, 9.17) is 22.6 Å². The third kappa shape index (κ3) is 2.94. The summed E-state index contributed by atoms with van der Waals surface area (Å²) in [5, 5.41) is 9.53. The van der Waals surface area contributed by atoms with Crippen LogP contribution in [0.4, 0.5) is 0 Å². The molecule has 0 heterocycles. The van der Waals surface area contributed by atoms with Crippen molar-refractivity contribution in [2.75, 3.05) is 0 Å². The second kappa shape index (κ2) is 5.94. The minimum Gasteiger partial charge on any atom is -0.327 e. The first kappa shape index (κ1) is 14.4. The van der Waals surface area contributed by atoms with E-state index in [1.165, 1.54) is 12.0 Å². The topological polar surface area (TPSA) is 49.8 Å². The number of nitriles is 1. The van der Waals surface area contributed by atoms with Crippen molar-refractivity contribution in [3.63, 3.8) is 0 Å². The number of rotatable bonds is 5. The predicted octanol–water partition coefficient (Wildman–Crippen LogP) is 4.03. The van der Waals surface area contributed by atoms with Gasteiger partial charge in [-0.15, -0.1) is 0 Å². The molecule has 2 rings (SSSR count). The molecule has 102 valence electrons. The van der Waals surface area contributed by atoms with E-state index in [0.29, 0.717) is 12.3 Å². The van der Waals surface area contributed by atoms with Crippen LogP contribution in [0.25, 0.3) is 0 Å². The second-order valence-corrected chi connectivity index (χ2v) is 6.26. The van der Waals surface area contributed by atoms with Gasteiger partial charge in [0.05, 0.1) is 6.07 Å². The largest absolute Gasteiger partial charge is 0.327 e. The third-order valence-electron chi connectivity index (χ3n) is 4.47. The van der Waals surface area contributed by atoms with Crippen LogP contribution in [0.2, 0.25) is 5.02 Å². The van der Waals surface area contributed by atoms with Crippen molar-refractivity contribution in [3.05, 3.63) is 34.9 Å². The molecule has 0 aromatic heterocycles. The van der Waals surface area contributed by atoms with Gasteiger partial charge in [0.1, 0.15) is 0 Å². The standard InChI is InChI=1S/C16H21ClN2/c1-12(7-10-18)11-15(19)16(8-2-9-16)13-3-5-14(17)6-4-13/h3-6,12,15H,2,7-9,11,19H2,1H3. The van der Waals surface area contributed by atoms with Gasteiger partial charge in [-0.1, -0.05) is 37.1 Å². The average Bonchev–Trinajstić information content (AvgIpc) is 2.30. The lowest BCUT2D eigenvalue weighted by molar-refractivity contribution is 0.176. The van der Waals surface area contributed by atoms with Crippen LogP contribution in [0.1, 0.15) is 44.6 Å². The Morgan fingerprint density at radius 2 is 2.00 bits per heavy atom. The van der Waals surface area contributed by atoms with Crippen molar-refractivity contribution < 1.29 is 0 Å². The Morgan fingerprint density at radius 1 is 1.37 bits per heavy atom. The highest BCUT2D eigenvalue weighted by atomic mass is 35.5. The number of nitrogens with zero attached hydrogens (tertiary/aromatic N) is 1. The fraction of sp³-hybridized carbons (Fsp3) is 0.562. The van der Waals surface area contributed by atoms with E-state index in [1.54, 1.807) is 0 Å². The SMILES string of the molecule is CC(CC#N)CC(N)C1(c2ccc(Cl)cc2)CCC1. The molecule has 2 unspecified atom stereocenters. The van der Waals surface area contributed by atoms with E-state index in [-0.39, 0.29) is 11.5 Å². The van der Waals surface area contributed by atoms with E-state index < -0.39 is 0 Å². The lowest BCUT2D eigenvalue weighted by Crippen LogP contribution is -2.51. The van der Waals surface area contributed by atoms with Crippen LogP contribution in [-0.2, 0) is 5.41 Å². The van der Waals surface area contributed by atoms with E-state index in [1.807, 2.05) is 12.1 Å². The van der Waals surface area contributed by atoms with E-state index in [9.17, 15) is 0 Å². The van der Waals surface area contributed by atoms with E-state index >= 15 is 0 Å². The fourth-order valence-corrected chi connectivity index (χ4v) is 3.24. The van der Waals surface area contributed by atoms with Crippen molar-refractivity contribution in [2.24, 2.45) is 11.7 Å². The molecule has 1 aromatic rings. The van der Waals surface area contributed by atoms with Gasteiger partial charge in [0.25, 0.3) is 0 Å². The average molecular weight is 277 g/mol. The van der Waals surface area contributed by atoms with Crippen LogP contribution >= 0.6 is 11.6 Å². The van der Waals surface area contributed by atoms with Crippen LogP contribution in [0, 0.1) is 17.2 Å². The molecule has 2 atom stereocenters. The molecule has 0 radical (unpaired) electrons. The summed E-state index contributed by atoms with van der Waals surface area (Å²) in [5.41, 5.74) is 7.88. The first-order valence-electron chi connectivity index (χ1n) is 6.97. The lowest BCUT2D eigenvalue weighted by Gasteiger charge is -2.47. The Morgan fingerprint density at radius 3 is 2.47 bits per heavy atom. The molecule has 19 heavy (non-hydrogen) atoms. The number of halogens is 1. The van der Waals surface area contributed by atoms with Crippen LogP contribution in [0.3, 0.4) is 0 Å². The van der Waals surface area contributed by atoms with Gasteiger partial charge in [0.15, 0.2) is 0 Å². The van der Waals surface area contributed by atoms with Crippen LogP contribution in [0.15, 0.2) is 24.3 Å². The van der Waals surface area contributed by atoms with Crippen LogP contribution < -0.4 is 5.73 Å². The molecule has 1 fully saturated rings. The number of hydrogen-bond donors (Lipinski definition) is 1. The van der Waals surface area contributed by atoms with Crippen LogP contribution in [0.5, 0.6) is 0 Å². The molecule has 0 bridgehead atoms. The fourth-order valence-electron chi connectivity index (χ4n) is 3.11. The van der Waals surface area contributed by atoms with Crippen molar-refractivity contribution in [1.82, 2.24) is 0 Å². The number of nitrogens with two attached hydrogens (primary N) is 1. The Bertz CT molecular complexity index is 457. The first-order chi connectivity index (χ1) is 9.08. The van der Waals surface area contributed by atoms with E-state index in [0.717, 1.165) is 24.3 Å². The Kier molecular flexibility index (Phi) is 4.50. The Labute approximate surface area is 120 Å². The van der Waals surface area contributed by atoms with Gasteiger partial charge in [-0.25, -0.2) is 0 Å². The summed E-state index contributed by atoms with van der Waals surface area (Å²) in [6.07, 6.45) is 5.04. The lowest BCUT2D eigenvalue weighted by atomic mass is 9.59. The summed E-state index contributed by atoms with van der Waals surface area (Å²) < 4.78 is 0. The monoisotopic (exact) mass is 276 g/mol. The maximum Gasteiger partial charge on any atom is 0.0624 e. The summed E-state index contributed by atoms with van der Waals surface area (Å²) in [5.74, 6) is 0.366. The van der Waals surface area contributed by atoms with Crippen molar-refractivity contribution in [2.45, 2.75) is 50.5 Å². The van der Waals surface area contributed by atoms with Crippen molar-refractivity contribution in [3.8, 4) is 6.07 Å². The molecule has 2 nitrogen and oxygen atoms in total. The summed E-state index contributed by atoms with van der Waals surface area (Å²) >= 11 is 5.96. The van der Waals surface area contributed by atoms with Crippen molar-refractivity contribution >= 4 is 11.6 Å². The molecule has 1 saturated carbocycles. The second-order valence-electron chi connectivity index (χ2n) is 5.83. The third-order valence-corrected chi connectivity index (χ3v) is 4.72. The Hall–Kier alpha value is -1.04. The maximum atomic E-state index is 8.77. The maximum absolute atomic E-state index is 8.77. The molecule has 0 aliphatic heterocycles. The zero-order chi connectivity index (χ0) is 13.9. The molecule has 2 N–H and O–H groups in total. The molecule has 1 aromatic carbocycles. The van der Waals surface area contributed by atoms with Crippen LogP contribution in [-0.4, -0.2) is 6.04 Å². The van der Waals surface area contributed by atoms with Gasteiger partial charge in [-0.05, 0) is 42.9 Å². The molecule has 1 aliphatic rings. The van der Waals surface area contributed by atoms with E-state index in [2.05, 4.69) is 25.1 Å². The molecular weight excluding hydrogens is 256 g/mol. The highest BCUT2D eigenvalue weighted by molar-refractivity contribution is 6.30. The molecule has 3 heteroatoms. The highest BCUT2D eigenvalue weighted by Crippen LogP contribution is 2.47. The quantitative estimate of drug-likeness (QED) is 0.883. The van der Waals surface area contributed by atoms with Gasteiger partial charge < -0.3 is 5.73 Å². The van der Waals surface area contributed by atoms with Gasteiger partial charge in [0.2, 0.25) is 0 Å². The number of benzene rings is 1. The summed E-state index contributed by atoms with van der Waals surface area (Å²) in [6.45, 7) is 2.11. The predicted molar refractivity (Wildman–Crippen MR) is 79.0 cm³/mol. The minimum atomic E-state index is 0.105. The smallest absolute Gasteiger partial charge is 0.0624 e. The van der Waals surface area contributed by atoms with Gasteiger partial charge >= 0.3 is 0 Å². The molecule has 0 amide bonds. The molecule has 0 spiro atoms. The molecule has 1 aliphatic carbocycles. The Balaban J connectivity index is 2.14. The zero-order valence-electron chi connectivity index (χ0n) is 11.4. The summed E-state index contributed by atoms with van der Waals surface area (Å²) in [4.78, 5) is 0. The highest BCUT2D eigenvalue weighted by Gasteiger charge is 2.43.